The lowest BCUT2D eigenvalue weighted by Gasteiger charge is -2.37. The van der Waals surface area contributed by atoms with Crippen molar-refractivity contribution in [2.45, 2.75) is 218 Å². The van der Waals surface area contributed by atoms with Gasteiger partial charge in [-0.2, -0.15) is 0 Å². The maximum Gasteiger partial charge on any atom is 0.335 e. The van der Waals surface area contributed by atoms with Gasteiger partial charge in [0.25, 0.3) is 0 Å². The number of allylic oxidation sites excluding steroid dienone is 4. The Bertz CT molecular complexity index is 661. The molecule has 0 amide bonds. The Morgan fingerprint density at radius 3 is 1.00 bits per heavy atom. The van der Waals surface area contributed by atoms with Gasteiger partial charge in [-0.1, -0.05) is 167 Å². The van der Waals surface area contributed by atoms with Crippen LogP contribution in [0.25, 0.3) is 0 Å². The first-order chi connectivity index (χ1) is 21.3. The van der Waals surface area contributed by atoms with E-state index in [0.29, 0.717) is 25.7 Å². The normalized spacial score (nSPS) is 13.5. The van der Waals surface area contributed by atoms with E-state index in [1.165, 1.54) is 116 Å². The topological polar surface area (TPSA) is 104 Å². The van der Waals surface area contributed by atoms with Gasteiger partial charge >= 0.3 is 7.60 Å². The molecular weight excluding hydrogens is 565 g/mol. The highest BCUT2D eigenvalue weighted by atomic mass is 31.2. The minimum absolute atomic E-state index is 0.293. The van der Waals surface area contributed by atoms with E-state index in [9.17, 15) is 19.5 Å². The van der Waals surface area contributed by atoms with Crippen molar-refractivity contribution in [1.82, 2.24) is 0 Å². The molecular formula is C38H76NO4P. The first kappa shape index (κ1) is 43.5. The van der Waals surface area contributed by atoms with Gasteiger partial charge in [0.1, 0.15) is 11.4 Å². The lowest BCUT2D eigenvalue weighted by molar-refractivity contribution is 0.0983. The fraction of sp³-hybridized carbons (Fsp3) is 0.895. The SMILES string of the molecule is CCCCCCCC/C=C\CCCCCCCCC(CCCCCCCC/C=C\CCCCCCCC)(C(N)O)P(=O)(O)O. The molecule has 0 aromatic heterocycles. The van der Waals surface area contributed by atoms with Gasteiger partial charge in [0, 0.05) is 0 Å². The highest BCUT2D eigenvalue weighted by Gasteiger charge is 2.50. The first-order valence-electron chi connectivity index (χ1n) is 19.1. The standard InChI is InChI=1S/C38H76NO4P/c1-3-5-7-9-11-13-15-17-19-21-23-25-27-29-31-33-35-38(37(39)40,44(41,42)43)36-34-32-30-28-26-24-22-20-18-16-14-12-10-8-6-4-2/h17-20,37,40H,3-16,21-36,39H2,1-2H3,(H2,41,42,43)/b19-17-,20-18-. The van der Waals surface area contributed by atoms with Gasteiger partial charge in [0.05, 0.1) is 0 Å². The Balaban J connectivity index is 4.00. The number of nitrogens with two attached hydrogens (primary N) is 1. The Hall–Kier alpha value is -0.450. The van der Waals surface area contributed by atoms with Gasteiger partial charge in [-0.15, -0.1) is 0 Å². The quantitative estimate of drug-likeness (QED) is 0.0242. The smallest absolute Gasteiger partial charge is 0.335 e. The second-order valence-corrected chi connectivity index (χ2v) is 15.4. The van der Waals surface area contributed by atoms with Crippen molar-refractivity contribution in [2.75, 3.05) is 0 Å². The molecule has 0 aliphatic carbocycles. The summed E-state index contributed by atoms with van der Waals surface area (Å²) in [5, 5.41) is 8.82. The van der Waals surface area contributed by atoms with E-state index in [1.54, 1.807) is 0 Å². The summed E-state index contributed by atoms with van der Waals surface area (Å²) >= 11 is 0. The van der Waals surface area contributed by atoms with E-state index in [4.69, 9.17) is 5.73 Å². The van der Waals surface area contributed by atoms with Crippen LogP contribution in [0.2, 0.25) is 0 Å². The van der Waals surface area contributed by atoms with Crippen molar-refractivity contribution in [3.63, 3.8) is 0 Å². The van der Waals surface area contributed by atoms with Crippen LogP contribution in [0.3, 0.4) is 0 Å². The van der Waals surface area contributed by atoms with E-state index in [-0.39, 0.29) is 0 Å². The molecule has 0 fully saturated rings. The van der Waals surface area contributed by atoms with Crippen LogP contribution in [0.4, 0.5) is 0 Å². The maximum absolute atomic E-state index is 12.5. The summed E-state index contributed by atoms with van der Waals surface area (Å²) in [6, 6.07) is 0. The molecule has 6 heteroatoms. The molecule has 0 aliphatic heterocycles. The summed E-state index contributed by atoms with van der Waals surface area (Å²) in [6.07, 6.45) is 41.8. The molecule has 5 N–H and O–H groups in total. The molecule has 0 spiro atoms. The number of rotatable bonds is 34. The molecule has 0 saturated carbocycles. The number of hydrogen-bond donors (Lipinski definition) is 4. The van der Waals surface area contributed by atoms with Crippen LogP contribution in [0.5, 0.6) is 0 Å². The van der Waals surface area contributed by atoms with Gasteiger partial charge in [-0.05, 0) is 64.2 Å². The van der Waals surface area contributed by atoms with E-state index in [1.807, 2.05) is 0 Å². The van der Waals surface area contributed by atoms with Crippen LogP contribution in [0, 0.1) is 0 Å². The number of hydrogen-bond acceptors (Lipinski definition) is 3. The van der Waals surface area contributed by atoms with Crippen LogP contribution >= 0.6 is 7.60 Å². The van der Waals surface area contributed by atoms with Gasteiger partial charge in [-0.3, -0.25) is 4.57 Å². The average molecular weight is 642 g/mol. The van der Waals surface area contributed by atoms with E-state index >= 15 is 0 Å². The molecule has 5 nitrogen and oxygen atoms in total. The van der Waals surface area contributed by atoms with E-state index in [0.717, 1.165) is 51.4 Å². The first-order valence-corrected chi connectivity index (χ1v) is 20.7. The van der Waals surface area contributed by atoms with Crippen LogP contribution in [0.1, 0.15) is 206 Å². The zero-order valence-electron chi connectivity index (χ0n) is 29.4. The summed E-state index contributed by atoms with van der Waals surface area (Å²) in [4.78, 5) is 20.4. The summed E-state index contributed by atoms with van der Waals surface area (Å²) in [5.41, 5.74) is 5.84. The molecule has 0 rings (SSSR count). The summed E-state index contributed by atoms with van der Waals surface area (Å²) in [5.74, 6) is 0. The second-order valence-electron chi connectivity index (χ2n) is 13.5. The minimum Gasteiger partial charge on any atom is -0.378 e. The third-order valence-electron chi connectivity index (χ3n) is 9.37. The van der Waals surface area contributed by atoms with E-state index < -0.39 is 19.0 Å². The molecule has 0 heterocycles. The molecule has 1 unspecified atom stereocenters. The van der Waals surface area contributed by atoms with Crippen LogP contribution in [-0.4, -0.2) is 26.3 Å². The average Bonchev–Trinajstić information content (AvgIpc) is 2.98. The molecule has 44 heavy (non-hydrogen) atoms. The third-order valence-corrected chi connectivity index (χ3v) is 11.2. The Morgan fingerprint density at radius 2 is 0.750 bits per heavy atom. The highest BCUT2D eigenvalue weighted by molar-refractivity contribution is 7.53. The summed E-state index contributed by atoms with van der Waals surface area (Å²) < 4.78 is 12.5. The van der Waals surface area contributed by atoms with Crippen molar-refractivity contribution in [3.05, 3.63) is 24.3 Å². The summed E-state index contributed by atoms with van der Waals surface area (Å²) in [6.45, 7) is 4.52. The molecule has 0 aromatic carbocycles. The van der Waals surface area contributed by atoms with Gasteiger partial charge in [0.2, 0.25) is 0 Å². The minimum atomic E-state index is -4.53. The molecule has 1 atom stereocenters. The summed E-state index contributed by atoms with van der Waals surface area (Å²) in [7, 11) is -4.53. The fourth-order valence-corrected chi connectivity index (χ4v) is 7.49. The van der Waals surface area contributed by atoms with Crippen molar-refractivity contribution in [3.8, 4) is 0 Å². The van der Waals surface area contributed by atoms with E-state index in [2.05, 4.69) is 38.2 Å². The Kier molecular flexibility index (Phi) is 30.8. The number of unbranched alkanes of at least 4 members (excludes halogenated alkanes) is 24. The van der Waals surface area contributed by atoms with Crippen LogP contribution in [-0.2, 0) is 4.57 Å². The fourth-order valence-electron chi connectivity index (χ4n) is 6.24. The van der Waals surface area contributed by atoms with Crippen molar-refractivity contribution >= 4 is 7.60 Å². The van der Waals surface area contributed by atoms with Crippen molar-refractivity contribution in [1.29, 1.82) is 0 Å². The third kappa shape index (κ3) is 24.7. The number of aliphatic hydroxyl groups excluding tert-OH is 1. The van der Waals surface area contributed by atoms with Crippen molar-refractivity contribution < 1.29 is 19.5 Å². The predicted octanol–water partition coefficient (Wildman–Crippen LogP) is 12.0. The zero-order valence-corrected chi connectivity index (χ0v) is 30.3. The lowest BCUT2D eigenvalue weighted by Crippen LogP contribution is -2.47. The Morgan fingerprint density at radius 1 is 0.500 bits per heavy atom. The van der Waals surface area contributed by atoms with Crippen LogP contribution in [0.15, 0.2) is 24.3 Å². The lowest BCUT2D eigenvalue weighted by atomic mass is 9.91. The van der Waals surface area contributed by atoms with Crippen molar-refractivity contribution in [2.24, 2.45) is 5.73 Å². The molecule has 0 saturated heterocycles. The molecule has 262 valence electrons. The molecule has 0 bridgehead atoms. The molecule has 0 radical (unpaired) electrons. The Labute approximate surface area is 274 Å². The van der Waals surface area contributed by atoms with Gasteiger partial charge in [0.15, 0.2) is 0 Å². The van der Waals surface area contributed by atoms with Gasteiger partial charge in [-0.25, -0.2) is 0 Å². The largest absolute Gasteiger partial charge is 0.378 e. The maximum atomic E-state index is 12.5. The second kappa shape index (κ2) is 31.2. The van der Waals surface area contributed by atoms with Gasteiger partial charge < -0.3 is 20.6 Å². The van der Waals surface area contributed by atoms with Crippen LogP contribution < -0.4 is 5.73 Å². The highest BCUT2D eigenvalue weighted by Crippen LogP contribution is 2.57. The monoisotopic (exact) mass is 642 g/mol. The molecule has 0 aromatic rings. The zero-order chi connectivity index (χ0) is 32.6. The molecule has 0 aliphatic rings. The predicted molar refractivity (Wildman–Crippen MR) is 193 cm³/mol. The number of aliphatic hydroxyl groups is 1.